The van der Waals surface area contributed by atoms with Gasteiger partial charge in [0.2, 0.25) is 5.91 Å². The standard InChI is InChI=1S/C22H23ClN4OS/c23-18-7-8-19-20(16-18)29-22(25-19)27-14-12-26(13-15-27)11-10-24-21(28)9-6-17-4-2-1-3-5-17/h1-9,16H,10-15H2,(H,24,28)/b9-6+. The van der Waals surface area contributed by atoms with Gasteiger partial charge in [-0.1, -0.05) is 53.3 Å². The first kappa shape index (κ1) is 19.9. The summed E-state index contributed by atoms with van der Waals surface area (Å²) in [5, 5.41) is 4.77. The molecule has 1 fully saturated rings. The molecule has 150 valence electrons. The van der Waals surface area contributed by atoms with Crippen LogP contribution in [0.5, 0.6) is 0 Å². The number of nitrogens with one attached hydrogen (secondary N) is 1. The first-order chi connectivity index (χ1) is 14.2. The van der Waals surface area contributed by atoms with Gasteiger partial charge < -0.3 is 10.2 Å². The van der Waals surface area contributed by atoms with Crippen LogP contribution in [0, 0.1) is 0 Å². The second-order valence-corrected chi connectivity index (χ2v) is 8.42. The lowest BCUT2D eigenvalue weighted by molar-refractivity contribution is -0.116. The first-order valence-corrected chi connectivity index (χ1v) is 10.9. The van der Waals surface area contributed by atoms with Gasteiger partial charge in [-0.05, 0) is 29.8 Å². The van der Waals surface area contributed by atoms with Crippen molar-refractivity contribution in [3.63, 3.8) is 0 Å². The Balaban J connectivity index is 1.20. The zero-order valence-corrected chi connectivity index (χ0v) is 17.6. The molecule has 0 aliphatic carbocycles. The molecule has 1 N–H and O–H groups in total. The summed E-state index contributed by atoms with van der Waals surface area (Å²) in [6.45, 7) is 5.31. The molecule has 1 aromatic heterocycles. The summed E-state index contributed by atoms with van der Waals surface area (Å²) < 4.78 is 1.13. The highest BCUT2D eigenvalue weighted by molar-refractivity contribution is 7.22. The van der Waals surface area contributed by atoms with Crippen molar-refractivity contribution in [1.29, 1.82) is 0 Å². The van der Waals surface area contributed by atoms with Gasteiger partial charge in [0, 0.05) is 50.4 Å². The second-order valence-electron chi connectivity index (χ2n) is 6.97. The van der Waals surface area contributed by atoms with E-state index in [4.69, 9.17) is 16.6 Å². The molecular weight excluding hydrogens is 404 g/mol. The van der Waals surface area contributed by atoms with Gasteiger partial charge in [-0.3, -0.25) is 9.69 Å². The van der Waals surface area contributed by atoms with Gasteiger partial charge in [0.1, 0.15) is 0 Å². The average Bonchev–Trinajstić information content (AvgIpc) is 3.17. The van der Waals surface area contributed by atoms with E-state index >= 15 is 0 Å². The maximum atomic E-state index is 12.0. The van der Waals surface area contributed by atoms with Crippen LogP contribution in [0.25, 0.3) is 16.3 Å². The smallest absolute Gasteiger partial charge is 0.244 e. The van der Waals surface area contributed by atoms with Crippen LogP contribution in [-0.2, 0) is 4.79 Å². The Morgan fingerprint density at radius 3 is 2.72 bits per heavy atom. The fraction of sp³-hybridized carbons (Fsp3) is 0.273. The van der Waals surface area contributed by atoms with E-state index in [0.29, 0.717) is 6.54 Å². The average molecular weight is 427 g/mol. The van der Waals surface area contributed by atoms with Gasteiger partial charge in [-0.15, -0.1) is 0 Å². The van der Waals surface area contributed by atoms with Gasteiger partial charge in [0.25, 0.3) is 0 Å². The van der Waals surface area contributed by atoms with Crippen molar-refractivity contribution in [3.8, 4) is 0 Å². The predicted octanol–water partition coefficient (Wildman–Crippen LogP) is 3.90. The minimum atomic E-state index is -0.0550. The number of benzene rings is 2. The van der Waals surface area contributed by atoms with Crippen LogP contribution in [0.1, 0.15) is 5.56 Å². The zero-order chi connectivity index (χ0) is 20.1. The van der Waals surface area contributed by atoms with Crippen LogP contribution in [0.4, 0.5) is 5.13 Å². The molecule has 0 spiro atoms. The molecule has 0 unspecified atom stereocenters. The normalized spacial score (nSPS) is 15.3. The SMILES string of the molecule is O=C(/C=C/c1ccccc1)NCCN1CCN(c2nc3ccc(Cl)cc3s2)CC1. The topological polar surface area (TPSA) is 48.5 Å². The van der Waals surface area contributed by atoms with Crippen molar-refractivity contribution in [2.24, 2.45) is 0 Å². The maximum Gasteiger partial charge on any atom is 0.244 e. The van der Waals surface area contributed by atoms with Crippen LogP contribution >= 0.6 is 22.9 Å². The van der Waals surface area contributed by atoms with Crippen molar-refractivity contribution in [2.75, 3.05) is 44.2 Å². The van der Waals surface area contributed by atoms with Crippen molar-refractivity contribution < 1.29 is 4.79 Å². The largest absolute Gasteiger partial charge is 0.351 e. The molecule has 1 aliphatic rings. The number of carbonyl (C=O) groups excluding carboxylic acids is 1. The Labute approximate surface area is 179 Å². The third kappa shape index (κ3) is 5.35. The number of nitrogens with zero attached hydrogens (tertiary/aromatic N) is 3. The van der Waals surface area contributed by atoms with Gasteiger partial charge in [0.15, 0.2) is 5.13 Å². The van der Waals surface area contributed by atoms with Crippen molar-refractivity contribution in [2.45, 2.75) is 0 Å². The summed E-state index contributed by atoms with van der Waals surface area (Å²) in [6.07, 6.45) is 3.42. The fourth-order valence-corrected chi connectivity index (χ4v) is 4.61. The highest BCUT2D eigenvalue weighted by atomic mass is 35.5. The summed E-state index contributed by atoms with van der Waals surface area (Å²) in [4.78, 5) is 21.4. The number of aromatic nitrogens is 1. The quantitative estimate of drug-likeness (QED) is 0.607. The number of anilines is 1. The van der Waals surface area contributed by atoms with Crippen LogP contribution in [0.3, 0.4) is 0 Å². The molecule has 0 saturated carbocycles. The summed E-state index contributed by atoms with van der Waals surface area (Å²) in [7, 11) is 0. The monoisotopic (exact) mass is 426 g/mol. The number of rotatable bonds is 6. The van der Waals surface area contributed by atoms with Crippen molar-refractivity contribution in [3.05, 3.63) is 65.2 Å². The molecule has 1 aliphatic heterocycles. The summed E-state index contributed by atoms with van der Waals surface area (Å²) in [6, 6.07) is 15.7. The Hall–Kier alpha value is -2.41. The molecule has 3 aromatic rings. The number of hydrogen-bond donors (Lipinski definition) is 1. The molecule has 2 aromatic carbocycles. The minimum absolute atomic E-state index is 0.0550. The van der Waals surface area contributed by atoms with E-state index in [1.807, 2.05) is 54.6 Å². The molecule has 2 heterocycles. The van der Waals surface area contributed by atoms with Gasteiger partial charge >= 0.3 is 0 Å². The molecule has 0 atom stereocenters. The number of thiazole rings is 1. The molecule has 1 saturated heterocycles. The lowest BCUT2D eigenvalue weighted by Crippen LogP contribution is -2.48. The van der Waals surface area contributed by atoms with Gasteiger partial charge in [-0.2, -0.15) is 0 Å². The lowest BCUT2D eigenvalue weighted by atomic mass is 10.2. The Bertz CT molecular complexity index is 996. The van der Waals surface area contributed by atoms with Crippen molar-refractivity contribution in [1.82, 2.24) is 15.2 Å². The van der Waals surface area contributed by atoms with Crippen LogP contribution < -0.4 is 10.2 Å². The van der Waals surface area contributed by atoms with E-state index in [0.717, 1.165) is 58.7 Å². The molecule has 0 radical (unpaired) electrons. The fourth-order valence-electron chi connectivity index (χ4n) is 3.32. The van der Waals surface area contributed by atoms with E-state index in [1.54, 1.807) is 17.4 Å². The Morgan fingerprint density at radius 1 is 1.14 bits per heavy atom. The summed E-state index contributed by atoms with van der Waals surface area (Å²) in [5.41, 5.74) is 2.03. The van der Waals surface area contributed by atoms with Crippen LogP contribution in [0.15, 0.2) is 54.6 Å². The highest BCUT2D eigenvalue weighted by Gasteiger charge is 2.19. The number of piperazine rings is 1. The molecule has 0 bridgehead atoms. The van der Waals surface area contributed by atoms with E-state index in [1.165, 1.54) is 0 Å². The predicted molar refractivity (Wildman–Crippen MR) is 122 cm³/mol. The number of carbonyl (C=O) groups is 1. The van der Waals surface area contributed by atoms with Crippen LogP contribution in [0.2, 0.25) is 5.02 Å². The second kappa shape index (κ2) is 9.39. The number of halogens is 1. The molecule has 7 heteroatoms. The van der Waals surface area contributed by atoms with E-state index in [2.05, 4.69) is 15.1 Å². The third-order valence-electron chi connectivity index (χ3n) is 4.94. The first-order valence-electron chi connectivity index (χ1n) is 9.72. The highest BCUT2D eigenvalue weighted by Crippen LogP contribution is 2.31. The van der Waals surface area contributed by atoms with E-state index < -0.39 is 0 Å². The van der Waals surface area contributed by atoms with E-state index in [-0.39, 0.29) is 5.91 Å². The number of fused-ring (bicyclic) bond motifs is 1. The maximum absolute atomic E-state index is 12.0. The molecule has 1 amide bonds. The summed E-state index contributed by atoms with van der Waals surface area (Å²) in [5.74, 6) is -0.0550. The molecular formula is C22H23ClN4OS. The third-order valence-corrected chi connectivity index (χ3v) is 6.25. The molecule has 29 heavy (non-hydrogen) atoms. The summed E-state index contributed by atoms with van der Waals surface area (Å²) >= 11 is 7.77. The minimum Gasteiger partial charge on any atom is -0.351 e. The lowest BCUT2D eigenvalue weighted by Gasteiger charge is -2.34. The number of hydrogen-bond acceptors (Lipinski definition) is 5. The molecule has 4 rings (SSSR count). The zero-order valence-electron chi connectivity index (χ0n) is 16.1. The van der Waals surface area contributed by atoms with Gasteiger partial charge in [-0.25, -0.2) is 4.98 Å². The van der Waals surface area contributed by atoms with Gasteiger partial charge in [0.05, 0.1) is 10.2 Å². The Morgan fingerprint density at radius 2 is 1.93 bits per heavy atom. The Kier molecular flexibility index (Phi) is 6.44. The number of amides is 1. The van der Waals surface area contributed by atoms with Crippen LogP contribution in [-0.4, -0.2) is 55.1 Å². The molecule has 5 nitrogen and oxygen atoms in total. The van der Waals surface area contributed by atoms with Crippen molar-refractivity contribution >= 4 is 50.3 Å². The van der Waals surface area contributed by atoms with E-state index in [9.17, 15) is 4.79 Å².